The molecule has 2 rings (SSSR count). The summed E-state index contributed by atoms with van der Waals surface area (Å²) in [6, 6.07) is 10.5. The lowest BCUT2D eigenvalue weighted by molar-refractivity contribution is 0.126. The summed E-state index contributed by atoms with van der Waals surface area (Å²) in [6.07, 6.45) is 2.36. The van der Waals surface area contributed by atoms with Crippen LogP contribution in [0.5, 0.6) is 0 Å². The zero-order valence-corrected chi connectivity index (χ0v) is 12.0. The van der Waals surface area contributed by atoms with E-state index in [-0.39, 0.29) is 11.4 Å². The van der Waals surface area contributed by atoms with Gasteiger partial charge in [0.25, 0.3) is 0 Å². The van der Waals surface area contributed by atoms with Gasteiger partial charge in [-0.3, -0.25) is 4.90 Å². The van der Waals surface area contributed by atoms with Crippen LogP contribution in [0, 0.1) is 5.82 Å². The van der Waals surface area contributed by atoms with Crippen molar-refractivity contribution in [3.05, 3.63) is 59.8 Å². The Morgan fingerprint density at radius 2 is 2.10 bits per heavy atom. The third kappa shape index (κ3) is 3.46. The summed E-state index contributed by atoms with van der Waals surface area (Å²) in [6.45, 7) is 3.25. The van der Waals surface area contributed by atoms with Gasteiger partial charge in [0.2, 0.25) is 0 Å². The number of benzene rings is 1. The van der Waals surface area contributed by atoms with E-state index in [1.54, 1.807) is 18.4 Å². The maximum atomic E-state index is 13.3. The van der Waals surface area contributed by atoms with Crippen LogP contribution in [0.1, 0.15) is 18.2 Å². The van der Waals surface area contributed by atoms with Gasteiger partial charge in [0, 0.05) is 12.1 Å². The molecule has 0 fully saturated rings. The molecule has 108 valence electrons. The van der Waals surface area contributed by atoms with E-state index in [9.17, 15) is 4.39 Å². The normalized spacial score (nSPS) is 14.4. The van der Waals surface area contributed by atoms with Gasteiger partial charge in [-0.25, -0.2) is 4.39 Å². The van der Waals surface area contributed by atoms with Gasteiger partial charge in [-0.2, -0.15) is 0 Å². The van der Waals surface area contributed by atoms with Gasteiger partial charge in [0.05, 0.1) is 12.8 Å². The smallest absolute Gasteiger partial charge is 0.123 e. The third-order valence-electron chi connectivity index (χ3n) is 3.81. The molecule has 1 unspecified atom stereocenters. The largest absolute Gasteiger partial charge is 0.468 e. The minimum atomic E-state index is -0.249. The van der Waals surface area contributed by atoms with Gasteiger partial charge in [-0.15, -0.1) is 0 Å². The van der Waals surface area contributed by atoms with E-state index in [0.29, 0.717) is 19.5 Å². The predicted molar refractivity (Wildman–Crippen MR) is 77.7 cm³/mol. The lowest BCUT2D eigenvalue weighted by atomic mass is 9.91. The van der Waals surface area contributed by atoms with E-state index < -0.39 is 0 Å². The second-order valence-corrected chi connectivity index (χ2v) is 5.44. The summed E-state index contributed by atoms with van der Waals surface area (Å²) < 4.78 is 18.7. The van der Waals surface area contributed by atoms with Crippen LogP contribution in [0.15, 0.2) is 47.1 Å². The molecule has 0 amide bonds. The van der Waals surface area contributed by atoms with E-state index in [4.69, 9.17) is 10.2 Å². The zero-order chi connectivity index (χ0) is 14.6. The molecule has 1 atom stereocenters. The first kappa shape index (κ1) is 14.8. The summed E-state index contributed by atoms with van der Waals surface area (Å²) in [5.74, 6) is 0.682. The van der Waals surface area contributed by atoms with E-state index in [2.05, 4.69) is 11.8 Å². The number of hydrogen-bond acceptors (Lipinski definition) is 3. The average Bonchev–Trinajstić information content (AvgIpc) is 2.91. The number of likely N-dealkylation sites (N-methyl/N-ethyl adjacent to an activating group) is 1. The fourth-order valence-corrected chi connectivity index (χ4v) is 2.28. The van der Waals surface area contributed by atoms with Crippen LogP contribution in [-0.4, -0.2) is 24.0 Å². The van der Waals surface area contributed by atoms with Crippen LogP contribution in [0.4, 0.5) is 4.39 Å². The highest BCUT2D eigenvalue weighted by molar-refractivity contribution is 5.19. The lowest BCUT2D eigenvalue weighted by Gasteiger charge is -2.38. The van der Waals surface area contributed by atoms with E-state index in [1.807, 2.05) is 25.2 Å². The summed E-state index contributed by atoms with van der Waals surface area (Å²) in [5, 5.41) is 0. The zero-order valence-electron chi connectivity index (χ0n) is 12.0. The Morgan fingerprint density at radius 3 is 2.70 bits per heavy atom. The van der Waals surface area contributed by atoms with Gasteiger partial charge in [-0.05, 0) is 50.2 Å². The van der Waals surface area contributed by atoms with Gasteiger partial charge in [0.1, 0.15) is 11.6 Å². The molecule has 0 saturated heterocycles. The second-order valence-electron chi connectivity index (χ2n) is 5.44. The molecule has 4 heteroatoms. The Kier molecular flexibility index (Phi) is 4.57. The average molecular weight is 276 g/mol. The molecule has 0 bridgehead atoms. The summed E-state index contributed by atoms with van der Waals surface area (Å²) in [5.41, 5.74) is 6.66. The quantitative estimate of drug-likeness (QED) is 0.882. The second kappa shape index (κ2) is 6.20. The van der Waals surface area contributed by atoms with Crippen LogP contribution in [0.3, 0.4) is 0 Å². The molecular formula is C16H21FN2O. The number of hydrogen-bond donors (Lipinski definition) is 1. The van der Waals surface area contributed by atoms with Crippen LogP contribution < -0.4 is 5.73 Å². The van der Waals surface area contributed by atoms with Crippen molar-refractivity contribution in [2.75, 3.05) is 13.6 Å². The van der Waals surface area contributed by atoms with Crippen molar-refractivity contribution in [3.8, 4) is 0 Å². The summed E-state index contributed by atoms with van der Waals surface area (Å²) in [4.78, 5) is 2.15. The van der Waals surface area contributed by atoms with Crippen molar-refractivity contribution in [2.45, 2.75) is 25.4 Å². The Bertz CT molecular complexity index is 541. The Morgan fingerprint density at radius 1 is 1.30 bits per heavy atom. The Hall–Kier alpha value is -1.65. The molecule has 0 aliphatic carbocycles. The molecule has 0 aliphatic rings. The van der Waals surface area contributed by atoms with Gasteiger partial charge < -0.3 is 10.2 Å². The predicted octanol–water partition coefficient (Wildman–Crippen LogP) is 2.81. The standard InChI is InChI=1S/C16H21FN2O/c1-16(12-18,10-13-5-3-6-14(17)9-13)19(2)11-15-7-4-8-20-15/h3-9H,10-12,18H2,1-2H3. The SMILES string of the molecule is CN(Cc1ccco1)C(C)(CN)Cc1cccc(F)c1. The minimum absolute atomic E-state index is 0.212. The fourth-order valence-electron chi connectivity index (χ4n) is 2.28. The summed E-state index contributed by atoms with van der Waals surface area (Å²) >= 11 is 0. The van der Waals surface area contributed by atoms with E-state index >= 15 is 0 Å². The van der Waals surface area contributed by atoms with Crippen LogP contribution in [0.25, 0.3) is 0 Å². The maximum Gasteiger partial charge on any atom is 0.123 e. The molecule has 2 aromatic rings. The first-order valence-corrected chi connectivity index (χ1v) is 6.72. The molecule has 0 radical (unpaired) electrons. The molecule has 0 spiro atoms. The van der Waals surface area contributed by atoms with Crippen molar-refractivity contribution in [2.24, 2.45) is 5.73 Å². The van der Waals surface area contributed by atoms with Gasteiger partial charge in [-0.1, -0.05) is 12.1 Å². The van der Waals surface area contributed by atoms with Crippen LogP contribution in [-0.2, 0) is 13.0 Å². The molecule has 3 nitrogen and oxygen atoms in total. The number of nitrogens with zero attached hydrogens (tertiary/aromatic N) is 1. The summed E-state index contributed by atoms with van der Waals surface area (Å²) in [7, 11) is 2.01. The van der Waals surface area contributed by atoms with Gasteiger partial charge in [0.15, 0.2) is 0 Å². The van der Waals surface area contributed by atoms with E-state index in [0.717, 1.165) is 11.3 Å². The van der Waals surface area contributed by atoms with Crippen molar-refractivity contribution in [1.29, 1.82) is 0 Å². The molecule has 1 aromatic carbocycles. The first-order chi connectivity index (χ1) is 9.53. The number of rotatable bonds is 6. The molecule has 2 N–H and O–H groups in total. The van der Waals surface area contributed by atoms with Gasteiger partial charge >= 0.3 is 0 Å². The first-order valence-electron chi connectivity index (χ1n) is 6.72. The molecule has 0 saturated carbocycles. The minimum Gasteiger partial charge on any atom is -0.468 e. The van der Waals surface area contributed by atoms with Crippen LogP contribution >= 0.6 is 0 Å². The van der Waals surface area contributed by atoms with Crippen molar-refractivity contribution < 1.29 is 8.81 Å². The fraction of sp³-hybridized carbons (Fsp3) is 0.375. The maximum absolute atomic E-state index is 13.3. The molecular weight excluding hydrogens is 255 g/mol. The highest BCUT2D eigenvalue weighted by Gasteiger charge is 2.28. The van der Waals surface area contributed by atoms with Crippen LogP contribution in [0.2, 0.25) is 0 Å². The Labute approximate surface area is 119 Å². The highest BCUT2D eigenvalue weighted by atomic mass is 19.1. The third-order valence-corrected chi connectivity index (χ3v) is 3.81. The number of halogens is 1. The molecule has 1 heterocycles. The Balaban J connectivity index is 2.11. The van der Waals surface area contributed by atoms with Crippen molar-refractivity contribution in [3.63, 3.8) is 0 Å². The topological polar surface area (TPSA) is 42.4 Å². The van der Waals surface area contributed by atoms with Crippen molar-refractivity contribution in [1.82, 2.24) is 4.90 Å². The lowest BCUT2D eigenvalue weighted by Crippen LogP contribution is -2.50. The molecule has 1 aromatic heterocycles. The number of nitrogens with two attached hydrogens (primary N) is 1. The van der Waals surface area contributed by atoms with E-state index in [1.165, 1.54) is 6.07 Å². The molecule has 20 heavy (non-hydrogen) atoms. The molecule has 0 aliphatic heterocycles. The highest BCUT2D eigenvalue weighted by Crippen LogP contribution is 2.21. The van der Waals surface area contributed by atoms with Crippen molar-refractivity contribution >= 4 is 0 Å². The number of furan rings is 1. The monoisotopic (exact) mass is 276 g/mol.